The van der Waals surface area contributed by atoms with E-state index in [9.17, 15) is 10.2 Å². The van der Waals surface area contributed by atoms with Crippen LogP contribution >= 0.6 is 11.6 Å². The minimum atomic E-state index is -1.08. The lowest BCUT2D eigenvalue weighted by Gasteiger charge is -2.26. The molecule has 4 heterocycles. The van der Waals surface area contributed by atoms with Gasteiger partial charge in [-0.25, -0.2) is 9.97 Å². The Morgan fingerprint density at radius 1 is 1.19 bits per heavy atom. The molecule has 140 valence electrons. The van der Waals surface area contributed by atoms with Gasteiger partial charge in [0.25, 0.3) is 0 Å². The van der Waals surface area contributed by atoms with E-state index in [-0.39, 0.29) is 6.04 Å². The maximum Gasteiger partial charge on any atom is 0.164 e. The first-order chi connectivity index (χ1) is 13.1. The number of hydrogen-bond acceptors (Lipinski definition) is 6. The van der Waals surface area contributed by atoms with E-state index in [2.05, 4.69) is 15.3 Å². The first kappa shape index (κ1) is 17.1. The number of hydrogen-bond donors (Lipinski definition) is 3. The molecule has 2 aromatic heterocycles. The number of fused-ring (bicyclic) bond motifs is 1. The van der Waals surface area contributed by atoms with Gasteiger partial charge in [-0.1, -0.05) is 41.9 Å². The fraction of sp³-hybridized carbons (Fsp3) is 0.368. The van der Waals surface area contributed by atoms with Gasteiger partial charge >= 0.3 is 0 Å². The average Bonchev–Trinajstić information content (AvgIpc) is 3.37. The van der Waals surface area contributed by atoms with Crippen molar-refractivity contribution in [3.05, 3.63) is 59.6 Å². The van der Waals surface area contributed by atoms with Crippen LogP contribution in [0.2, 0.25) is 5.15 Å². The Morgan fingerprint density at radius 3 is 2.81 bits per heavy atom. The standard InChI is InChI=1S/C19H19ClN4O3/c20-16-12-6-7-24(17(12)23-10-22-16)18-14(25)15(26)19(27-18)8-13(21-9-19)11-4-2-1-3-5-11/h1-7,10,13-15,18,21,25-26H,8-9H2. The van der Waals surface area contributed by atoms with Gasteiger partial charge in [-0.3, -0.25) is 0 Å². The molecular formula is C19H19ClN4O3. The van der Waals surface area contributed by atoms with Crippen LogP contribution in [-0.2, 0) is 4.74 Å². The molecule has 0 bridgehead atoms. The van der Waals surface area contributed by atoms with Gasteiger partial charge in [0.15, 0.2) is 6.23 Å². The Balaban J connectivity index is 1.47. The zero-order chi connectivity index (χ0) is 18.6. The van der Waals surface area contributed by atoms with Crippen molar-refractivity contribution in [1.82, 2.24) is 19.9 Å². The number of nitrogens with zero attached hydrogens (tertiary/aromatic N) is 3. The highest BCUT2D eigenvalue weighted by Gasteiger charge is 2.58. The van der Waals surface area contributed by atoms with Gasteiger partial charge in [-0.05, 0) is 18.1 Å². The van der Waals surface area contributed by atoms with Crippen LogP contribution in [0.15, 0.2) is 48.9 Å². The number of aliphatic hydroxyl groups is 2. The molecule has 7 nitrogen and oxygen atoms in total. The fourth-order valence-electron chi connectivity index (χ4n) is 4.24. The normalized spacial score (nSPS) is 33.3. The maximum atomic E-state index is 10.8. The number of ether oxygens (including phenoxy) is 1. The zero-order valence-corrected chi connectivity index (χ0v) is 15.1. The molecular weight excluding hydrogens is 368 g/mol. The molecule has 5 rings (SSSR count). The molecule has 2 aliphatic rings. The summed E-state index contributed by atoms with van der Waals surface area (Å²) in [6, 6.07) is 11.9. The summed E-state index contributed by atoms with van der Waals surface area (Å²) in [6.45, 7) is 0.455. The van der Waals surface area contributed by atoms with E-state index in [4.69, 9.17) is 16.3 Å². The molecule has 5 unspecified atom stereocenters. The van der Waals surface area contributed by atoms with Crippen LogP contribution in [0.1, 0.15) is 24.3 Å². The summed E-state index contributed by atoms with van der Waals surface area (Å²) >= 11 is 6.12. The van der Waals surface area contributed by atoms with Gasteiger partial charge in [0.05, 0.1) is 5.39 Å². The van der Waals surface area contributed by atoms with Gasteiger partial charge < -0.3 is 24.8 Å². The Bertz CT molecular complexity index is 982. The van der Waals surface area contributed by atoms with Crippen LogP contribution in [0.5, 0.6) is 0 Å². The van der Waals surface area contributed by atoms with Crippen molar-refractivity contribution in [3.63, 3.8) is 0 Å². The van der Waals surface area contributed by atoms with Crippen LogP contribution in [0.25, 0.3) is 11.0 Å². The van der Waals surface area contributed by atoms with Crippen molar-refractivity contribution in [2.24, 2.45) is 0 Å². The summed E-state index contributed by atoms with van der Waals surface area (Å²) in [5, 5.41) is 26.0. The molecule has 1 aromatic carbocycles. The van der Waals surface area contributed by atoms with Crippen molar-refractivity contribution < 1.29 is 14.9 Å². The van der Waals surface area contributed by atoms with Gasteiger partial charge in [0.2, 0.25) is 0 Å². The molecule has 0 radical (unpaired) electrons. The maximum absolute atomic E-state index is 10.8. The molecule has 27 heavy (non-hydrogen) atoms. The highest BCUT2D eigenvalue weighted by atomic mass is 35.5. The van der Waals surface area contributed by atoms with E-state index < -0.39 is 24.0 Å². The third-order valence-corrected chi connectivity index (χ3v) is 5.95. The minimum Gasteiger partial charge on any atom is -0.387 e. The first-order valence-corrected chi connectivity index (χ1v) is 9.26. The monoisotopic (exact) mass is 386 g/mol. The summed E-state index contributed by atoms with van der Waals surface area (Å²) in [5.74, 6) is 0. The second kappa shape index (κ2) is 6.25. The van der Waals surface area contributed by atoms with Crippen LogP contribution in [-0.4, -0.2) is 49.1 Å². The lowest BCUT2D eigenvalue weighted by atomic mass is 9.90. The molecule has 0 aliphatic carbocycles. The van der Waals surface area contributed by atoms with E-state index in [1.54, 1.807) is 16.8 Å². The van der Waals surface area contributed by atoms with Gasteiger partial charge in [-0.15, -0.1) is 0 Å². The third-order valence-electron chi connectivity index (χ3n) is 5.64. The molecule has 3 N–H and O–H groups in total. The second-order valence-corrected chi connectivity index (χ2v) is 7.54. The molecule has 2 aliphatic heterocycles. The third kappa shape index (κ3) is 2.58. The molecule has 0 saturated carbocycles. The van der Waals surface area contributed by atoms with Crippen LogP contribution < -0.4 is 5.32 Å². The van der Waals surface area contributed by atoms with Crippen molar-refractivity contribution in [1.29, 1.82) is 0 Å². The predicted octanol–water partition coefficient (Wildman–Crippen LogP) is 1.81. The lowest BCUT2D eigenvalue weighted by Crippen LogP contribution is -2.44. The lowest BCUT2D eigenvalue weighted by molar-refractivity contribution is -0.0912. The molecule has 2 fully saturated rings. The van der Waals surface area contributed by atoms with Crippen molar-refractivity contribution in [3.8, 4) is 0 Å². The Labute approximate surface area is 160 Å². The Morgan fingerprint density at radius 2 is 2.00 bits per heavy atom. The van der Waals surface area contributed by atoms with Crippen molar-refractivity contribution in [2.75, 3.05) is 6.54 Å². The number of rotatable bonds is 2. The Hall–Kier alpha value is -2.03. The average molecular weight is 387 g/mol. The van der Waals surface area contributed by atoms with Gasteiger partial charge in [0.1, 0.15) is 34.9 Å². The number of halogens is 1. The highest BCUT2D eigenvalue weighted by molar-refractivity contribution is 6.33. The molecule has 2 saturated heterocycles. The second-order valence-electron chi connectivity index (χ2n) is 7.18. The van der Waals surface area contributed by atoms with E-state index in [0.29, 0.717) is 29.2 Å². The zero-order valence-electron chi connectivity index (χ0n) is 14.4. The SMILES string of the molecule is OC1C(n2ccc3c(Cl)ncnc32)OC2(CNC(c3ccccc3)C2)C1O. The molecule has 0 amide bonds. The summed E-state index contributed by atoms with van der Waals surface area (Å²) in [4.78, 5) is 8.24. The number of nitrogens with one attached hydrogen (secondary N) is 1. The van der Waals surface area contributed by atoms with E-state index >= 15 is 0 Å². The van der Waals surface area contributed by atoms with Crippen LogP contribution in [0.3, 0.4) is 0 Å². The Kier molecular flexibility index (Phi) is 3.96. The first-order valence-electron chi connectivity index (χ1n) is 8.88. The van der Waals surface area contributed by atoms with E-state index in [1.165, 1.54) is 6.33 Å². The van der Waals surface area contributed by atoms with E-state index in [0.717, 1.165) is 5.56 Å². The van der Waals surface area contributed by atoms with Crippen LogP contribution in [0, 0.1) is 0 Å². The van der Waals surface area contributed by atoms with Crippen molar-refractivity contribution in [2.45, 2.75) is 36.5 Å². The number of aliphatic hydroxyl groups excluding tert-OH is 2. The topological polar surface area (TPSA) is 92.4 Å². The van der Waals surface area contributed by atoms with Gasteiger partial charge in [-0.2, -0.15) is 0 Å². The predicted molar refractivity (Wildman–Crippen MR) is 99.2 cm³/mol. The summed E-state index contributed by atoms with van der Waals surface area (Å²) < 4.78 is 7.99. The minimum absolute atomic E-state index is 0.0602. The summed E-state index contributed by atoms with van der Waals surface area (Å²) in [6.07, 6.45) is 0.851. The molecule has 3 aromatic rings. The quantitative estimate of drug-likeness (QED) is 0.582. The summed E-state index contributed by atoms with van der Waals surface area (Å²) in [5.41, 5.74) is 0.834. The summed E-state index contributed by atoms with van der Waals surface area (Å²) in [7, 11) is 0. The molecule has 5 atom stereocenters. The van der Waals surface area contributed by atoms with Gasteiger partial charge in [0, 0.05) is 18.8 Å². The fourth-order valence-corrected chi connectivity index (χ4v) is 4.43. The number of benzene rings is 1. The molecule has 1 spiro atoms. The highest BCUT2D eigenvalue weighted by Crippen LogP contribution is 2.46. The largest absolute Gasteiger partial charge is 0.387 e. The van der Waals surface area contributed by atoms with E-state index in [1.807, 2.05) is 30.3 Å². The molecule has 8 heteroatoms. The van der Waals surface area contributed by atoms with Crippen LogP contribution in [0.4, 0.5) is 0 Å². The smallest absolute Gasteiger partial charge is 0.164 e. The number of aromatic nitrogens is 3. The van der Waals surface area contributed by atoms with Crippen molar-refractivity contribution >= 4 is 22.6 Å².